The molecule has 0 nitrogen and oxygen atoms in total. The first-order valence-corrected chi connectivity index (χ1v) is 5.53. The topological polar surface area (TPSA) is 0 Å². The van der Waals surface area contributed by atoms with Gasteiger partial charge in [-0.25, -0.2) is 4.39 Å². The zero-order valence-electron chi connectivity index (χ0n) is 8.08. The van der Waals surface area contributed by atoms with E-state index in [0.29, 0.717) is 0 Å². The van der Waals surface area contributed by atoms with E-state index in [1.54, 1.807) is 0 Å². The van der Waals surface area contributed by atoms with Crippen LogP contribution in [0.2, 0.25) is 0 Å². The summed E-state index contributed by atoms with van der Waals surface area (Å²) >= 11 is 3.49. The van der Waals surface area contributed by atoms with Crippen LogP contribution in [0, 0.1) is 5.82 Å². The van der Waals surface area contributed by atoms with Crippen LogP contribution in [0.3, 0.4) is 0 Å². The minimum absolute atomic E-state index is 0.189. The largest absolute Gasteiger partial charge is 0.207 e. The molecule has 2 rings (SSSR count). The lowest BCUT2D eigenvalue weighted by Gasteiger charge is -2.04. The molecule has 0 amide bonds. The molecule has 0 saturated heterocycles. The molecule has 2 aromatic rings. The zero-order chi connectivity index (χ0) is 10.7. The minimum Gasteiger partial charge on any atom is -0.207 e. The summed E-state index contributed by atoms with van der Waals surface area (Å²) in [6.07, 6.45) is 0.821. The molecule has 0 radical (unpaired) electrons. The Hall–Kier alpha value is -1.15. The molecule has 2 heteroatoms. The number of rotatable bonds is 2. The second-order valence-electron chi connectivity index (χ2n) is 3.39. The van der Waals surface area contributed by atoms with Gasteiger partial charge in [0, 0.05) is 4.47 Å². The Labute approximate surface area is 96.9 Å². The highest BCUT2D eigenvalue weighted by Gasteiger charge is 2.00. The average Bonchev–Trinajstić information content (AvgIpc) is 2.25. The number of hydrogen-bond donors (Lipinski definition) is 0. The maximum absolute atomic E-state index is 12.7. The molecule has 0 aliphatic carbocycles. The van der Waals surface area contributed by atoms with Gasteiger partial charge < -0.3 is 0 Å². The van der Waals surface area contributed by atoms with E-state index in [9.17, 15) is 4.39 Å². The Balaban J connectivity index is 2.22. The second-order valence-corrected chi connectivity index (χ2v) is 4.25. The van der Waals surface area contributed by atoms with Crippen molar-refractivity contribution in [2.75, 3.05) is 0 Å². The fraction of sp³-hybridized carbons (Fsp3) is 0.0769. The molecule has 0 fully saturated rings. The highest BCUT2D eigenvalue weighted by atomic mass is 79.9. The predicted octanol–water partition coefficient (Wildman–Crippen LogP) is 4.18. The van der Waals surface area contributed by atoms with Crippen molar-refractivity contribution in [1.29, 1.82) is 0 Å². The third kappa shape index (κ3) is 2.66. The van der Waals surface area contributed by atoms with Crippen molar-refractivity contribution in [2.24, 2.45) is 0 Å². The SMILES string of the molecule is Fc1ccc(Cc2ccccc2Br)cc1. The van der Waals surface area contributed by atoms with Gasteiger partial charge in [0.1, 0.15) is 5.82 Å². The zero-order valence-corrected chi connectivity index (χ0v) is 9.67. The molecule has 0 aliphatic rings. The summed E-state index contributed by atoms with van der Waals surface area (Å²) in [7, 11) is 0. The Bertz CT molecular complexity index is 448. The van der Waals surface area contributed by atoms with Crippen LogP contribution in [0.25, 0.3) is 0 Å². The Kier molecular flexibility index (Phi) is 3.17. The monoisotopic (exact) mass is 264 g/mol. The number of benzene rings is 2. The molecular weight excluding hydrogens is 255 g/mol. The average molecular weight is 265 g/mol. The van der Waals surface area contributed by atoms with Gasteiger partial charge in [-0.2, -0.15) is 0 Å². The van der Waals surface area contributed by atoms with Gasteiger partial charge in [0.05, 0.1) is 0 Å². The molecule has 15 heavy (non-hydrogen) atoms. The normalized spacial score (nSPS) is 10.3. The van der Waals surface area contributed by atoms with Gasteiger partial charge in [0.2, 0.25) is 0 Å². The lowest BCUT2D eigenvalue weighted by atomic mass is 10.1. The van der Waals surface area contributed by atoms with Crippen molar-refractivity contribution >= 4 is 15.9 Å². The van der Waals surface area contributed by atoms with E-state index in [1.807, 2.05) is 30.3 Å². The highest BCUT2D eigenvalue weighted by molar-refractivity contribution is 9.10. The Morgan fingerprint density at radius 1 is 0.933 bits per heavy atom. The first-order valence-electron chi connectivity index (χ1n) is 4.73. The van der Waals surface area contributed by atoms with Crippen LogP contribution in [0.5, 0.6) is 0 Å². The van der Waals surface area contributed by atoms with E-state index < -0.39 is 0 Å². The third-order valence-electron chi connectivity index (χ3n) is 2.27. The summed E-state index contributed by atoms with van der Waals surface area (Å²) in [6, 6.07) is 14.7. The molecule has 2 aromatic carbocycles. The van der Waals surface area contributed by atoms with E-state index in [2.05, 4.69) is 22.0 Å². The van der Waals surface area contributed by atoms with Crippen molar-refractivity contribution in [3.63, 3.8) is 0 Å². The molecule has 76 valence electrons. The predicted molar refractivity (Wildman–Crippen MR) is 63.3 cm³/mol. The van der Waals surface area contributed by atoms with Crippen molar-refractivity contribution in [1.82, 2.24) is 0 Å². The summed E-state index contributed by atoms with van der Waals surface area (Å²) in [4.78, 5) is 0. The van der Waals surface area contributed by atoms with Crippen LogP contribution < -0.4 is 0 Å². The molecular formula is C13H10BrF. The molecule has 0 unspecified atom stereocenters. The van der Waals surface area contributed by atoms with Gasteiger partial charge >= 0.3 is 0 Å². The number of halogens is 2. The molecule has 0 spiro atoms. The Morgan fingerprint density at radius 2 is 1.60 bits per heavy atom. The van der Waals surface area contributed by atoms with Crippen LogP contribution in [-0.2, 0) is 6.42 Å². The van der Waals surface area contributed by atoms with E-state index >= 15 is 0 Å². The molecule has 0 atom stereocenters. The summed E-state index contributed by atoms with van der Waals surface area (Å²) in [5, 5.41) is 0. The van der Waals surface area contributed by atoms with Crippen molar-refractivity contribution in [3.05, 3.63) is 69.9 Å². The maximum Gasteiger partial charge on any atom is 0.123 e. The van der Waals surface area contributed by atoms with Gasteiger partial charge in [-0.05, 0) is 35.7 Å². The van der Waals surface area contributed by atoms with Crippen molar-refractivity contribution in [3.8, 4) is 0 Å². The van der Waals surface area contributed by atoms with E-state index in [0.717, 1.165) is 16.5 Å². The standard InChI is InChI=1S/C13H10BrF/c14-13-4-2-1-3-11(13)9-10-5-7-12(15)8-6-10/h1-8H,9H2. The summed E-state index contributed by atoms with van der Waals surface area (Å²) in [5.74, 6) is -0.189. The van der Waals surface area contributed by atoms with Crippen molar-refractivity contribution < 1.29 is 4.39 Å². The molecule has 0 bridgehead atoms. The Morgan fingerprint density at radius 3 is 2.27 bits per heavy atom. The molecule has 0 N–H and O–H groups in total. The molecule has 0 heterocycles. The minimum atomic E-state index is -0.189. The second kappa shape index (κ2) is 4.58. The van der Waals surface area contributed by atoms with E-state index in [4.69, 9.17) is 0 Å². The van der Waals surface area contributed by atoms with Gasteiger partial charge in [0.15, 0.2) is 0 Å². The van der Waals surface area contributed by atoms with Crippen LogP contribution in [0.1, 0.15) is 11.1 Å². The van der Waals surface area contributed by atoms with Crippen LogP contribution >= 0.6 is 15.9 Å². The fourth-order valence-electron chi connectivity index (χ4n) is 1.46. The van der Waals surface area contributed by atoms with Gasteiger partial charge in [0.25, 0.3) is 0 Å². The lowest BCUT2D eigenvalue weighted by Crippen LogP contribution is -1.89. The van der Waals surface area contributed by atoms with Gasteiger partial charge in [-0.1, -0.05) is 46.3 Å². The lowest BCUT2D eigenvalue weighted by molar-refractivity contribution is 0.627. The molecule has 0 aromatic heterocycles. The van der Waals surface area contributed by atoms with Crippen molar-refractivity contribution in [2.45, 2.75) is 6.42 Å². The van der Waals surface area contributed by atoms with Gasteiger partial charge in [-0.3, -0.25) is 0 Å². The summed E-state index contributed by atoms with van der Waals surface area (Å²) in [6.45, 7) is 0. The maximum atomic E-state index is 12.7. The number of hydrogen-bond acceptors (Lipinski definition) is 0. The van der Waals surface area contributed by atoms with Crippen LogP contribution in [0.15, 0.2) is 53.0 Å². The molecule has 0 aliphatic heterocycles. The highest BCUT2D eigenvalue weighted by Crippen LogP contribution is 2.19. The van der Waals surface area contributed by atoms with Crippen LogP contribution in [-0.4, -0.2) is 0 Å². The quantitative estimate of drug-likeness (QED) is 0.764. The van der Waals surface area contributed by atoms with Gasteiger partial charge in [-0.15, -0.1) is 0 Å². The third-order valence-corrected chi connectivity index (χ3v) is 3.04. The first kappa shape index (κ1) is 10.4. The van der Waals surface area contributed by atoms with Crippen LogP contribution in [0.4, 0.5) is 4.39 Å². The molecule has 0 saturated carbocycles. The van der Waals surface area contributed by atoms with E-state index in [-0.39, 0.29) is 5.82 Å². The summed E-state index contributed by atoms with van der Waals surface area (Å²) < 4.78 is 13.8. The summed E-state index contributed by atoms with van der Waals surface area (Å²) in [5.41, 5.74) is 2.33. The fourth-order valence-corrected chi connectivity index (χ4v) is 1.89. The first-order chi connectivity index (χ1) is 7.25. The van der Waals surface area contributed by atoms with E-state index in [1.165, 1.54) is 17.7 Å². The smallest absolute Gasteiger partial charge is 0.123 e.